The van der Waals surface area contributed by atoms with Gasteiger partial charge in [-0.1, -0.05) is 13.0 Å². The van der Waals surface area contributed by atoms with Crippen molar-refractivity contribution in [2.24, 2.45) is 11.7 Å². The molecule has 19 heteroatoms. The highest BCUT2D eigenvalue weighted by Crippen LogP contribution is 2.28. The summed E-state index contributed by atoms with van der Waals surface area (Å²) < 4.78 is 27.1. The number of carbonyl (C=O) groups excluding carboxylic acids is 6. The zero-order valence-corrected chi connectivity index (χ0v) is 31.4. The first-order valence-corrected chi connectivity index (χ1v) is 17.9. The summed E-state index contributed by atoms with van der Waals surface area (Å²) in [6, 6.07) is 2.05. The molecule has 1 aliphatic heterocycles. The minimum absolute atomic E-state index is 0.00961. The molecule has 8 N–H and O–H groups in total. The second kappa shape index (κ2) is 25.8. The van der Waals surface area contributed by atoms with E-state index in [9.17, 15) is 38.7 Å². The minimum atomic E-state index is -1.09. The molecule has 3 unspecified atom stereocenters. The molecular formula is C36H52N6O13. The zero-order chi connectivity index (χ0) is 40.6. The highest BCUT2D eigenvalue weighted by atomic mass is 16.5. The van der Waals surface area contributed by atoms with E-state index in [0.717, 1.165) is 0 Å². The summed E-state index contributed by atoms with van der Waals surface area (Å²) in [5.41, 5.74) is 6.93. The van der Waals surface area contributed by atoms with Crippen LogP contribution in [0.1, 0.15) is 45.6 Å². The Morgan fingerprint density at radius 1 is 0.800 bits per heavy atom. The fraction of sp³-hybridized carbons (Fsp3) is 0.583. The van der Waals surface area contributed by atoms with Gasteiger partial charge < -0.3 is 61.1 Å². The molecule has 55 heavy (non-hydrogen) atoms. The highest BCUT2D eigenvalue weighted by Gasteiger charge is 2.23. The van der Waals surface area contributed by atoms with Crippen molar-refractivity contribution in [3.63, 3.8) is 0 Å². The van der Waals surface area contributed by atoms with Crippen molar-refractivity contribution in [2.75, 3.05) is 71.3 Å². The lowest BCUT2D eigenvalue weighted by atomic mass is 9.96. The number of aliphatic carboxylic acids is 1. The number of benzene rings is 1. The van der Waals surface area contributed by atoms with Gasteiger partial charge in [0.15, 0.2) is 5.75 Å². The number of hydrogen-bond donors (Lipinski definition) is 7. The van der Waals surface area contributed by atoms with Crippen LogP contribution in [0.4, 0.5) is 5.69 Å². The molecule has 2 rings (SSSR count). The maximum absolute atomic E-state index is 13.2. The quantitative estimate of drug-likeness (QED) is 0.103. The van der Waals surface area contributed by atoms with E-state index in [4.69, 9.17) is 29.4 Å². The normalized spacial score (nSPS) is 21.5. The number of carbonyl (C=O) groups is 7. The van der Waals surface area contributed by atoms with E-state index in [0.29, 0.717) is 5.56 Å². The third-order valence-electron chi connectivity index (χ3n) is 7.65. The molecule has 0 fully saturated rings. The van der Waals surface area contributed by atoms with Gasteiger partial charge in [-0.2, -0.15) is 0 Å². The van der Waals surface area contributed by atoms with Crippen LogP contribution in [0.15, 0.2) is 18.2 Å². The fourth-order valence-electron chi connectivity index (χ4n) is 4.67. The topological polar surface area (TPSA) is 272 Å². The van der Waals surface area contributed by atoms with Gasteiger partial charge in [-0.3, -0.25) is 33.6 Å². The molecule has 0 spiro atoms. The van der Waals surface area contributed by atoms with E-state index in [1.54, 1.807) is 19.1 Å². The van der Waals surface area contributed by atoms with Crippen molar-refractivity contribution >= 4 is 47.2 Å². The average Bonchev–Trinajstić information content (AvgIpc) is 3.12. The van der Waals surface area contributed by atoms with E-state index >= 15 is 0 Å². The molecule has 1 aliphatic rings. The summed E-state index contributed by atoms with van der Waals surface area (Å²) in [6.45, 7) is 5.73. The van der Waals surface area contributed by atoms with Crippen LogP contribution in [-0.4, -0.2) is 131 Å². The maximum Gasteiger partial charge on any atom is 0.313 e. The van der Waals surface area contributed by atoms with Gasteiger partial charge in [-0.05, 0) is 44.4 Å². The summed E-state index contributed by atoms with van der Waals surface area (Å²) in [4.78, 5) is 86.0. The van der Waals surface area contributed by atoms with E-state index < -0.39 is 65.5 Å². The number of fused-ring (bicyclic) bond motifs is 1. The van der Waals surface area contributed by atoms with Crippen LogP contribution in [0.2, 0.25) is 0 Å². The molecule has 0 bridgehead atoms. The Kier molecular flexibility index (Phi) is 21.6. The summed E-state index contributed by atoms with van der Waals surface area (Å²) >= 11 is 0. The third-order valence-corrected chi connectivity index (χ3v) is 7.65. The van der Waals surface area contributed by atoms with Gasteiger partial charge in [0, 0.05) is 37.4 Å². The number of rotatable bonds is 5. The third kappa shape index (κ3) is 20.2. The van der Waals surface area contributed by atoms with Crippen LogP contribution in [0.5, 0.6) is 5.75 Å². The lowest BCUT2D eigenvalue weighted by molar-refractivity contribution is -0.141. The molecule has 5 amide bonds. The average molecular weight is 777 g/mol. The summed E-state index contributed by atoms with van der Waals surface area (Å²) in [5.74, 6) is -1.04. The van der Waals surface area contributed by atoms with Crippen molar-refractivity contribution < 1.29 is 62.4 Å². The number of carboxylic acid groups (broad SMARTS) is 1. The van der Waals surface area contributed by atoms with Gasteiger partial charge in [0.25, 0.3) is 11.8 Å². The second-order valence-electron chi connectivity index (χ2n) is 12.5. The SMILES string of the molecule is CC(C[C@@H](N)Cc1ccc2c(c1)NC(=O)C(C)NC(=O)C(C)NC(=O)CCOCCOCCNC(=O)C#CC(=O)NCCOCCOCCC(=O)O2)C(=O)O. The van der Waals surface area contributed by atoms with Gasteiger partial charge >= 0.3 is 11.9 Å². The predicted molar refractivity (Wildman–Crippen MR) is 195 cm³/mol. The molecular weight excluding hydrogens is 724 g/mol. The highest BCUT2D eigenvalue weighted by molar-refractivity contribution is 6.03. The number of amides is 5. The Bertz CT molecular complexity index is 1530. The second-order valence-corrected chi connectivity index (χ2v) is 12.5. The first-order valence-electron chi connectivity index (χ1n) is 17.9. The van der Waals surface area contributed by atoms with E-state index in [2.05, 4.69) is 38.4 Å². The van der Waals surface area contributed by atoms with Crippen molar-refractivity contribution in [3.05, 3.63) is 23.8 Å². The largest absolute Gasteiger partial charge is 0.481 e. The molecule has 304 valence electrons. The van der Waals surface area contributed by atoms with Crippen LogP contribution >= 0.6 is 0 Å². The van der Waals surface area contributed by atoms with Crippen LogP contribution in [0.3, 0.4) is 0 Å². The lowest BCUT2D eigenvalue weighted by Gasteiger charge is -2.20. The van der Waals surface area contributed by atoms with Crippen LogP contribution in [0.25, 0.3) is 0 Å². The number of anilines is 1. The van der Waals surface area contributed by atoms with E-state index in [1.165, 1.54) is 19.9 Å². The molecule has 0 saturated heterocycles. The molecule has 0 aromatic heterocycles. The smallest absolute Gasteiger partial charge is 0.313 e. The molecule has 1 aromatic rings. The molecule has 1 heterocycles. The van der Waals surface area contributed by atoms with Gasteiger partial charge in [0.05, 0.1) is 70.9 Å². The number of esters is 1. The standard InChI is InChI=1S/C36H52N6O13/c1-23(36(49)50)20-27(37)21-26-4-5-29-28(22-26)42-35(48)25(3)41-34(47)24(2)40-32(45)8-12-51-16-18-53-14-10-38-30(43)6-7-31(44)39-11-15-54-19-17-52-13-9-33(46)55-29/h4-5,22-25,27H,8-21,37H2,1-3H3,(H,38,43)(H,39,44)(H,40,45)(H,41,47)(H,42,48)(H,49,50)/t23?,24?,25?,27-/m1/s1. The Morgan fingerprint density at radius 3 is 1.93 bits per heavy atom. The predicted octanol–water partition coefficient (Wildman–Crippen LogP) is -1.38. The Morgan fingerprint density at radius 2 is 1.35 bits per heavy atom. The summed E-state index contributed by atoms with van der Waals surface area (Å²) in [5, 5.41) is 22.0. The van der Waals surface area contributed by atoms with Crippen LogP contribution < -0.4 is 37.1 Å². The molecule has 0 aliphatic carbocycles. The van der Waals surface area contributed by atoms with E-state index in [-0.39, 0.29) is 103 Å². The van der Waals surface area contributed by atoms with E-state index in [1.807, 2.05) is 0 Å². The Hall–Kier alpha value is -5.13. The van der Waals surface area contributed by atoms with Gasteiger partial charge in [0.2, 0.25) is 17.7 Å². The zero-order valence-electron chi connectivity index (χ0n) is 31.4. The number of hydrogen-bond acceptors (Lipinski definition) is 13. The van der Waals surface area contributed by atoms with Crippen molar-refractivity contribution in [2.45, 2.75) is 64.6 Å². The van der Waals surface area contributed by atoms with Crippen LogP contribution in [0, 0.1) is 17.8 Å². The van der Waals surface area contributed by atoms with Crippen LogP contribution in [-0.2, 0) is 58.9 Å². The monoisotopic (exact) mass is 776 g/mol. The first-order chi connectivity index (χ1) is 26.2. The van der Waals surface area contributed by atoms with Gasteiger partial charge in [0.1, 0.15) is 12.1 Å². The molecule has 19 nitrogen and oxygen atoms in total. The summed E-state index contributed by atoms with van der Waals surface area (Å²) in [7, 11) is 0. The molecule has 4 atom stereocenters. The minimum Gasteiger partial charge on any atom is -0.481 e. The lowest BCUT2D eigenvalue weighted by Crippen LogP contribution is -2.50. The van der Waals surface area contributed by atoms with Crippen molar-refractivity contribution in [1.82, 2.24) is 21.3 Å². The number of ether oxygens (including phenoxy) is 5. The molecule has 0 radical (unpaired) electrons. The fourth-order valence-corrected chi connectivity index (χ4v) is 4.67. The number of nitrogens with two attached hydrogens (primary N) is 1. The summed E-state index contributed by atoms with van der Waals surface area (Å²) in [6.07, 6.45) is 0.258. The van der Waals surface area contributed by atoms with Gasteiger partial charge in [-0.25, -0.2) is 0 Å². The number of carboxylic acids is 1. The molecule has 1 aromatic carbocycles. The number of nitrogens with one attached hydrogen (secondary N) is 5. The Balaban J connectivity index is 2.09. The Labute approximate surface area is 319 Å². The first kappa shape index (κ1) is 46.0. The van der Waals surface area contributed by atoms with Crippen molar-refractivity contribution in [1.29, 1.82) is 0 Å². The maximum atomic E-state index is 13.2. The molecule has 0 saturated carbocycles. The van der Waals surface area contributed by atoms with Gasteiger partial charge in [-0.15, -0.1) is 0 Å². The van der Waals surface area contributed by atoms with Crippen molar-refractivity contribution in [3.8, 4) is 17.6 Å².